The van der Waals surface area contributed by atoms with E-state index in [2.05, 4.69) is 23.2 Å². The minimum Gasteiger partial charge on any atom is -0.468 e. The summed E-state index contributed by atoms with van der Waals surface area (Å²) in [5, 5.41) is 3.69. The van der Waals surface area contributed by atoms with Crippen LogP contribution in [0, 0.1) is 0 Å². The highest BCUT2D eigenvalue weighted by Crippen LogP contribution is 2.45. The highest BCUT2D eigenvalue weighted by molar-refractivity contribution is 5.15. The quantitative estimate of drug-likeness (QED) is 0.898. The molecule has 2 aliphatic rings. The molecule has 1 aromatic heterocycles. The van der Waals surface area contributed by atoms with Crippen molar-refractivity contribution in [3.63, 3.8) is 0 Å². The van der Waals surface area contributed by atoms with Crippen molar-refractivity contribution in [2.24, 2.45) is 0 Å². The molecule has 1 unspecified atom stereocenters. The van der Waals surface area contributed by atoms with Gasteiger partial charge in [0.15, 0.2) is 0 Å². The Morgan fingerprint density at radius 2 is 2.05 bits per heavy atom. The zero-order valence-corrected chi connectivity index (χ0v) is 12.4. The molecule has 2 fully saturated rings. The van der Waals surface area contributed by atoms with Crippen LogP contribution in [0.15, 0.2) is 22.8 Å². The summed E-state index contributed by atoms with van der Waals surface area (Å²) >= 11 is 0. The summed E-state index contributed by atoms with van der Waals surface area (Å²) in [7, 11) is 0. The lowest BCUT2D eigenvalue weighted by Gasteiger charge is -2.47. The van der Waals surface area contributed by atoms with Crippen molar-refractivity contribution in [1.82, 2.24) is 10.2 Å². The number of morpholine rings is 1. The van der Waals surface area contributed by atoms with E-state index in [9.17, 15) is 0 Å². The molecule has 4 nitrogen and oxygen atoms in total. The van der Waals surface area contributed by atoms with Crippen molar-refractivity contribution in [3.8, 4) is 0 Å². The Balaban J connectivity index is 1.90. The topological polar surface area (TPSA) is 37.6 Å². The number of rotatable bonds is 5. The molecular formula is C16H26N2O2. The van der Waals surface area contributed by atoms with Gasteiger partial charge in [-0.2, -0.15) is 0 Å². The van der Waals surface area contributed by atoms with E-state index in [0.717, 1.165) is 38.6 Å². The molecule has 1 saturated carbocycles. The van der Waals surface area contributed by atoms with Crippen molar-refractivity contribution in [1.29, 1.82) is 0 Å². The van der Waals surface area contributed by atoms with Crippen LogP contribution in [0.2, 0.25) is 0 Å². The van der Waals surface area contributed by atoms with Gasteiger partial charge >= 0.3 is 0 Å². The first-order valence-electron chi connectivity index (χ1n) is 7.96. The van der Waals surface area contributed by atoms with E-state index >= 15 is 0 Å². The lowest BCUT2D eigenvalue weighted by Crippen LogP contribution is -2.58. The highest BCUT2D eigenvalue weighted by atomic mass is 16.5. The maximum Gasteiger partial charge on any atom is 0.122 e. The minimum atomic E-state index is 0.206. The third-order valence-electron chi connectivity index (χ3n) is 4.88. The van der Waals surface area contributed by atoms with Crippen molar-refractivity contribution in [3.05, 3.63) is 24.2 Å². The molecule has 4 heteroatoms. The molecule has 1 aliphatic carbocycles. The molecule has 112 valence electrons. The molecule has 1 atom stereocenters. The Morgan fingerprint density at radius 3 is 2.65 bits per heavy atom. The first-order chi connectivity index (χ1) is 9.87. The molecule has 2 heterocycles. The molecule has 0 amide bonds. The van der Waals surface area contributed by atoms with Crippen LogP contribution >= 0.6 is 0 Å². The fraction of sp³-hybridized carbons (Fsp3) is 0.750. The van der Waals surface area contributed by atoms with E-state index in [-0.39, 0.29) is 5.54 Å². The van der Waals surface area contributed by atoms with Crippen LogP contribution in [0.25, 0.3) is 0 Å². The average molecular weight is 278 g/mol. The van der Waals surface area contributed by atoms with Gasteiger partial charge in [-0.1, -0.05) is 19.8 Å². The second-order valence-corrected chi connectivity index (χ2v) is 5.92. The van der Waals surface area contributed by atoms with Gasteiger partial charge < -0.3 is 14.5 Å². The monoisotopic (exact) mass is 278 g/mol. The molecule has 3 rings (SSSR count). The van der Waals surface area contributed by atoms with E-state index in [1.807, 2.05) is 6.07 Å². The van der Waals surface area contributed by atoms with E-state index in [4.69, 9.17) is 9.15 Å². The number of nitrogens with one attached hydrogen (secondary N) is 1. The predicted molar refractivity (Wildman–Crippen MR) is 78.7 cm³/mol. The summed E-state index contributed by atoms with van der Waals surface area (Å²) in [5.74, 6) is 1.08. The van der Waals surface area contributed by atoms with Crippen LogP contribution in [-0.4, -0.2) is 43.3 Å². The lowest BCUT2D eigenvalue weighted by atomic mass is 9.84. The first-order valence-corrected chi connectivity index (χ1v) is 7.96. The van der Waals surface area contributed by atoms with Gasteiger partial charge in [-0.15, -0.1) is 0 Å². The molecule has 0 aromatic carbocycles. The van der Waals surface area contributed by atoms with Crippen LogP contribution < -0.4 is 5.32 Å². The van der Waals surface area contributed by atoms with Gasteiger partial charge in [0, 0.05) is 18.6 Å². The van der Waals surface area contributed by atoms with Gasteiger partial charge in [0.25, 0.3) is 0 Å². The average Bonchev–Trinajstić information content (AvgIpc) is 3.18. The number of furan rings is 1. The van der Waals surface area contributed by atoms with Gasteiger partial charge in [0.1, 0.15) is 5.76 Å². The molecule has 1 N–H and O–H groups in total. The Morgan fingerprint density at radius 1 is 1.30 bits per heavy atom. The normalized spacial score (nSPS) is 24.9. The fourth-order valence-corrected chi connectivity index (χ4v) is 4.00. The van der Waals surface area contributed by atoms with Crippen LogP contribution in [-0.2, 0) is 4.74 Å². The summed E-state index contributed by atoms with van der Waals surface area (Å²) in [6.07, 6.45) is 6.94. The molecule has 0 spiro atoms. The van der Waals surface area contributed by atoms with Crippen LogP contribution in [0.1, 0.15) is 44.4 Å². The summed E-state index contributed by atoms with van der Waals surface area (Å²) in [4.78, 5) is 2.65. The number of hydrogen-bond donors (Lipinski definition) is 1. The lowest BCUT2D eigenvalue weighted by molar-refractivity contribution is -0.0390. The van der Waals surface area contributed by atoms with Gasteiger partial charge in [0.05, 0.1) is 25.5 Å². The number of ether oxygens (including phenoxy) is 1. The van der Waals surface area contributed by atoms with Crippen LogP contribution in [0.4, 0.5) is 0 Å². The fourth-order valence-electron chi connectivity index (χ4n) is 4.00. The molecule has 0 radical (unpaired) electrons. The molecule has 1 saturated heterocycles. The van der Waals surface area contributed by atoms with E-state index < -0.39 is 0 Å². The Kier molecular flexibility index (Phi) is 4.44. The minimum absolute atomic E-state index is 0.206. The SMILES string of the molecule is CCNC(c1ccco1)C1(N2CCOCC2)CCCC1. The highest BCUT2D eigenvalue weighted by Gasteiger charge is 2.47. The Hall–Kier alpha value is -0.840. The number of likely N-dealkylation sites (N-methyl/N-ethyl adjacent to an activating group) is 1. The molecular weight excluding hydrogens is 252 g/mol. The van der Waals surface area contributed by atoms with Crippen molar-refractivity contribution >= 4 is 0 Å². The standard InChI is InChI=1S/C16H26N2O2/c1-2-17-15(14-6-5-11-20-14)16(7-3-4-8-16)18-9-12-19-13-10-18/h5-6,11,15,17H,2-4,7-10,12-13H2,1H3. The second kappa shape index (κ2) is 6.29. The second-order valence-electron chi connectivity index (χ2n) is 5.92. The number of hydrogen-bond acceptors (Lipinski definition) is 4. The smallest absolute Gasteiger partial charge is 0.122 e. The van der Waals surface area contributed by atoms with Crippen LogP contribution in [0.3, 0.4) is 0 Å². The summed E-state index contributed by atoms with van der Waals surface area (Å²) in [6.45, 7) is 6.96. The summed E-state index contributed by atoms with van der Waals surface area (Å²) in [6, 6.07) is 4.42. The summed E-state index contributed by atoms with van der Waals surface area (Å²) < 4.78 is 11.3. The first kappa shape index (κ1) is 14.1. The Bertz CT molecular complexity index is 393. The Labute approximate surface area is 121 Å². The van der Waals surface area contributed by atoms with Crippen molar-refractivity contribution < 1.29 is 9.15 Å². The molecule has 1 aromatic rings. The number of nitrogens with zero attached hydrogens (tertiary/aromatic N) is 1. The van der Waals surface area contributed by atoms with Crippen molar-refractivity contribution in [2.45, 2.75) is 44.2 Å². The van der Waals surface area contributed by atoms with Gasteiger partial charge in [-0.25, -0.2) is 0 Å². The third kappa shape index (κ3) is 2.52. The summed E-state index contributed by atoms with van der Waals surface area (Å²) in [5.41, 5.74) is 0.206. The van der Waals surface area contributed by atoms with E-state index in [1.165, 1.54) is 25.7 Å². The molecule has 0 bridgehead atoms. The van der Waals surface area contributed by atoms with Gasteiger partial charge in [0.2, 0.25) is 0 Å². The van der Waals surface area contributed by atoms with Gasteiger partial charge in [-0.05, 0) is 31.5 Å². The maximum atomic E-state index is 5.76. The zero-order valence-electron chi connectivity index (χ0n) is 12.4. The molecule has 20 heavy (non-hydrogen) atoms. The predicted octanol–water partition coefficient (Wildman–Crippen LogP) is 2.58. The van der Waals surface area contributed by atoms with Crippen LogP contribution in [0.5, 0.6) is 0 Å². The molecule has 1 aliphatic heterocycles. The van der Waals surface area contributed by atoms with Gasteiger partial charge in [-0.3, -0.25) is 4.90 Å². The van der Waals surface area contributed by atoms with E-state index in [1.54, 1.807) is 6.26 Å². The van der Waals surface area contributed by atoms with E-state index in [0.29, 0.717) is 6.04 Å². The zero-order chi connectivity index (χ0) is 13.8. The maximum absolute atomic E-state index is 5.76. The largest absolute Gasteiger partial charge is 0.468 e. The third-order valence-corrected chi connectivity index (χ3v) is 4.88. The van der Waals surface area contributed by atoms with Crippen molar-refractivity contribution in [2.75, 3.05) is 32.8 Å².